The standard InChI is InChI=1S/C10H18N4OS/c1-7(5-16-4)14-10-8(15-3)9(11-2)12-6-13-10/h6-7H,5H2,1-4H3,(H2,11,12,13,14). The number of methoxy groups -OCH3 is 1. The van der Waals surface area contributed by atoms with Gasteiger partial charge in [-0.05, 0) is 13.2 Å². The van der Waals surface area contributed by atoms with Gasteiger partial charge in [0.1, 0.15) is 6.33 Å². The highest BCUT2D eigenvalue weighted by Crippen LogP contribution is 2.28. The molecule has 5 nitrogen and oxygen atoms in total. The fraction of sp³-hybridized carbons (Fsp3) is 0.600. The lowest BCUT2D eigenvalue weighted by atomic mass is 10.3. The molecule has 0 aliphatic rings. The van der Waals surface area contributed by atoms with Crippen molar-refractivity contribution in [3.8, 4) is 5.75 Å². The molecule has 0 spiro atoms. The van der Waals surface area contributed by atoms with Gasteiger partial charge in [-0.15, -0.1) is 0 Å². The van der Waals surface area contributed by atoms with Crippen molar-refractivity contribution in [1.29, 1.82) is 0 Å². The lowest BCUT2D eigenvalue weighted by molar-refractivity contribution is 0.414. The third-order valence-corrected chi connectivity index (χ3v) is 2.88. The van der Waals surface area contributed by atoms with Crippen LogP contribution in [-0.2, 0) is 0 Å². The molecule has 1 unspecified atom stereocenters. The van der Waals surface area contributed by atoms with Crippen molar-refractivity contribution < 1.29 is 4.74 Å². The van der Waals surface area contributed by atoms with Gasteiger partial charge >= 0.3 is 0 Å². The van der Waals surface area contributed by atoms with E-state index in [1.54, 1.807) is 25.9 Å². The second-order valence-corrected chi connectivity index (χ2v) is 4.27. The highest BCUT2D eigenvalue weighted by molar-refractivity contribution is 7.98. The Balaban J connectivity index is 2.86. The first-order valence-corrected chi connectivity index (χ1v) is 6.44. The van der Waals surface area contributed by atoms with Crippen LogP contribution in [0.1, 0.15) is 6.92 Å². The molecular formula is C10H18N4OS. The molecule has 0 radical (unpaired) electrons. The Morgan fingerprint density at radius 1 is 1.44 bits per heavy atom. The smallest absolute Gasteiger partial charge is 0.204 e. The fourth-order valence-corrected chi connectivity index (χ4v) is 1.96. The number of hydrogen-bond donors (Lipinski definition) is 2. The monoisotopic (exact) mass is 242 g/mol. The molecule has 16 heavy (non-hydrogen) atoms. The summed E-state index contributed by atoms with van der Waals surface area (Å²) in [6, 6.07) is 0.337. The molecular weight excluding hydrogens is 224 g/mol. The van der Waals surface area contributed by atoms with Gasteiger partial charge in [0.25, 0.3) is 0 Å². The van der Waals surface area contributed by atoms with Crippen LogP contribution < -0.4 is 15.4 Å². The van der Waals surface area contributed by atoms with E-state index in [0.717, 1.165) is 11.6 Å². The molecule has 90 valence electrons. The van der Waals surface area contributed by atoms with Crippen LogP contribution in [0.15, 0.2) is 6.33 Å². The molecule has 0 fully saturated rings. The van der Waals surface area contributed by atoms with Crippen LogP contribution in [0.2, 0.25) is 0 Å². The van der Waals surface area contributed by atoms with E-state index in [0.29, 0.717) is 17.6 Å². The Labute approximate surface area is 100 Å². The molecule has 2 N–H and O–H groups in total. The molecule has 0 aliphatic carbocycles. The second kappa shape index (κ2) is 6.42. The molecule has 0 saturated heterocycles. The molecule has 1 aromatic heterocycles. The summed E-state index contributed by atoms with van der Waals surface area (Å²) in [7, 11) is 3.42. The molecule has 1 heterocycles. The van der Waals surface area contributed by atoms with E-state index in [9.17, 15) is 0 Å². The van der Waals surface area contributed by atoms with Crippen molar-refractivity contribution in [2.75, 3.05) is 36.8 Å². The maximum atomic E-state index is 5.29. The number of aromatic nitrogens is 2. The molecule has 6 heteroatoms. The molecule has 1 atom stereocenters. The van der Waals surface area contributed by atoms with E-state index in [1.165, 1.54) is 6.33 Å². The zero-order valence-electron chi connectivity index (χ0n) is 10.1. The van der Waals surface area contributed by atoms with Crippen molar-refractivity contribution >= 4 is 23.4 Å². The van der Waals surface area contributed by atoms with Gasteiger partial charge in [-0.2, -0.15) is 11.8 Å². The van der Waals surface area contributed by atoms with Gasteiger partial charge in [0.15, 0.2) is 11.6 Å². The molecule has 0 aromatic carbocycles. The van der Waals surface area contributed by atoms with Crippen molar-refractivity contribution in [2.45, 2.75) is 13.0 Å². The maximum absolute atomic E-state index is 5.29. The minimum Gasteiger partial charge on any atom is -0.490 e. The molecule has 0 bridgehead atoms. The highest BCUT2D eigenvalue weighted by atomic mass is 32.2. The molecule has 0 aliphatic heterocycles. The summed E-state index contributed by atoms with van der Waals surface area (Å²) in [6.07, 6.45) is 3.59. The number of rotatable bonds is 6. The van der Waals surface area contributed by atoms with E-state index in [4.69, 9.17) is 4.74 Å². The first-order chi connectivity index (χ1) is 7.72. The van der Waals surface area contributed by atoms with E-state index >= 15 is 0 Å². The molecule has 0 amide bonds. The minimum atomic E-state index is 0.337. The maximum Gasteiger partial charge on any atom is 0.204 e. The predicted octanol–water partition coefficient (Wildman–Crippen LogP) is 1.69. The number of thioether (sulfide) groups is 1. The minimum absolute atomic E-state index is 0.337. The van der Waals surface area contributed by atoms with E-state index in [-0.39, 0.29) is 0 Å². The van der Waals surface area contributed by atoms with Gasteiger partial charge in [-0.3, -0.25) is 0 Å². The number of nitrogens with zero attached hydrogens (tertiary/aromatic N) is 2. The first kappa shape index (κ1) is 12.9. The average Bonchev–Trinajstić information content (AvgIpc) is 2.29. The summed E-state index contributed by atoms with van der Waals surface area (Å²) in [5.41, 5.74) is 0. The van der Waals surface area contributed by atoms with Gasteiger partial charge < -0.3 is 15.4 Å². The topological polar surface area (TPSA) is 59.1 Å². The number of nitrogens with one attached hydrogen (secondary N) is 2. The van der Waals surface area contributed by atoms with Crippen LogP contribution >= 0.6 is 11.8 Å². The van der Waals surface area contributed by atoms with Gasteiger partial charge in [-0.1, -0.05) is 0 Å². The number of anilines is 2. The molecule has 0 saturated carbocycles. The van der Waals surface area contributed by atoms with Crippen molar-refractivity contribution in [3.63, 3.8) is 0 Å². The summed E-state index contributed by atoms with van der Waals surface area (Å²) >= 11 is 1.79. The number of hydrogen-bond acceptors (Lipinski definition) is 6. The third kappa shape index (κ3) is 3.16. The lowest BCUT2D eigenvalue weighted by Gasteiger charge is -2.16. The van der Waals surface area contributed by atoms with Crippen LogP contribution in [0.5, 0.6) is 5.75 Å². The summed E-state index contributed by atoms with van der Waals surface area (Å²) in [5, 5.41) is 6.27. The molecule has 1 aromatic rings. The number of ether oxygens (including phenoxy) is 1. The zero-order chi connectivity index (χ0) is 12.0. The Morgan fingerprint density at radius 3 is 2.69 bits per heavy atom. The van der Waals surface area contributed by atoms with Crippen molar-refractivity contribution in [1.82, 2.24) is 9.97 Å². The molecule has 1 rings (SSSR count). The van der Waals surface area contributed by atoms with Crippen LogP contribution in [0.3, 0.4) is 0 Å². The lowest BCUT2D eigenvalue weighted by Crippen LogP contribution is -2.19. The van der Waals surface area contributed by atoms with E-state index in [2.05, 4.69) is 33.8 Å². The Bertz CT molecular complexity index is 335. The van der Waals surface area contributed by atoms with E-state index < -0.39 is 0 Å². The van der Waals surface area contributed by atoms with Gasteiger partial charge in [0.2, 0.25) is 5.75 Å². The normalized spacial score (nSPS) is 12.0. The summed E-state index contributed by atoms with van der Waals surface area (Å²) in [6.45, 7) is 2.11. The predicted molar refractivity (Wildman–Crippen MR) is 69.6 cm³/mol. The SMILES string of the molecule is CNc1ncnc(NC(C)CSC)c1OC. The Morgan fingerprint density at radius 2 is 2.12 bits per heavy atom. The van der Waals surface area contributed by atoms with Crippen LogP contribution in [0.4, 0.5) is 11.6 Å². The highest BCUT2D eigenvalue weighted by Gasteiger charge is 2.12. The van der Waals surface area contributed by atoms with Crippen LogP contribution in [0, 0.1) is 0 Å². The van der Waals surface area contributed by atoms with Crippen molar-refractivity contribution in [3.05, 3.63) is 6.33 Å². The van der Waals surface area contributed by atoms with Gasteiger partial charge in [0.05, 0.1) is 7.11 Å². The average molecular weight is 242 g/mol. The summed E-state index contributed by atoms with van der Waals surface area (Å²) in [5.74, 6) is 3.08. The fourth-order valence-electron chi connectivity index (χ4n) is 1.37. The van der Waals surface area contributed by atoms with Crippen molar-refractivity contribution in [2.24, 2.45) is 0 Å². The first-order valence-electron chi connectivity index (χ1n) is 5.05. The third-order valence-electron chi connectivity index (χ3n) is 2.04. The van der Waals surface area contributed by atoms with Crippen LogP contribution in [-0.4, -0.2) is 42.2 Å². The van der Waals surface area contributed by atoms with Gasteiger partial charge in [0, 0.05) is 18.8 Å². The largest absolute Gasteiger partial charge is 0.490 e. The van der Waals surface area contributed by atoms with E-state index in [1.807, 2.05) is 0 Å². The quantitative estimate of drug-likeness (QED) is 0.791. The second-order valence-electron chi connectivity index (χ2n) is 3.35. The van der Waals surface area contributed by atoms with Gasteiger partial charge in [-0.25, -0.2) is 9.97 Å². The Kier molecular flexibility index (Phi) is 5.18. The summed E-state index contributed by atoms with van der Waals surface area (Å²) in [4.78, 5) is 8.27. The van der Waals surface area contributed by atoms with Crippen LogP contribution in [0.25, 0.3) is 0 Å². The Hall–Kier alpha value is -1.17. The summed E-state index contributed by atoms with van der Waals surface area (Å²) < 4.78 is 5.29. The zero-order valence-corrected chi connectivity index (χ0v) is 10.9.